The van der Waals surface area contributed by atoms with E-state index in [-0.39, 0.29) is 5.91 Å². The zero-order chi connectivity index (χ0) is 20.8. The maximum Gasteiger partial charge on any atom is 0.253 e. The number of anilines is 1. The number of aromatic nitrogens is 1. The van der Waals surface area contributed by atoms with Crippen molar-refractivity contribution in [3.8, 4) is 0 Å². The molecule has 1 aliphatic rings. The van der Waals surface area contributed by atoms with E-state index >= 15 is 0 Å². The summed E-state index contributed by atoms with van der Waals surface area (Å²) in [5.41, 5.74) is 10.9. The Morgan fingerprint density at radius 2 is 1.87 bits per heavy atom. The van der Waals surface area contributed by atoms with Crippen molar-refractivity contribution in [1.82, 2.24) is 9.88 Å². The molecule has 30 heavy (non-hydrogen) atoms. The summed E-state index contributed by atoms with van der Waals surface area (Å²) >= 11 is 0. The lowest BCUT2D eigenvalue weighted by atomic mass is 9.88. The third kappa shape index (κ3) is 4.86. The Morgan fingerprint density at radius 1 is 1.03 bits per heavy atom. The fourth-order valence-electron chi connectivity index (χ4n) is 4.03. The summed E-state index contributed by atoms with van der Waals surface area (Å²) < 4.78 is 0. The molecular formula is C25H28N4O. The second-order valence-corrected chi connectivity index (χ2v) is 7.77. The molecule has 5 nitrogen and oxygen atoms in total. The summed E-state index contributed by atoms with van der Waals surface area (Å²) in [7, 11) is 0. The molecule has 0 bridgehead atoms. The van der Waals surface area contributed by atoms with Gasteiger partial charge in [-0.2, -0.15) is 0 Å². The summed E-state index contributed by atoms with van der Waals surface area (Å²) in [5, 5.41) is 3.36. The lowest BCUT2D eigenvalue weighted by Crippen LogP contribution is -2.37. The molecule has 5 heteroatoms. The Labute approximate surface area is 177 Å². The van der Waals surface area contributed by atoms with E-state index in [4.69, 9.17) is 5.73 Å². The van der Waals surface area contributed by atoms with Crippen molar-refractivity contribution in [2.75, 3.05) is 18.4 Å². The minimum absolute atomic E-state index is 0.102. The van der Waals surface area contributed by atoms with Crippen LogP contribution in [0.1, 0.15) is 45.9 Å². The van der Waals surface area contributed by atoms with Gasteiger partial charge >= 0.3 is 0 Å². The number of benzene rings is 2. The van der Waals surface area contributed by atoms with E-state index in [0.29, 0.717) is 19.0 Å². The highest BCUT2D eigenvalue weighted by Crippen LogP contribution is 2.29. The molecule has 0 spiro atoms. The first kappa shape index (κ1) is 20.1. The standard InChI is InChI=1S/C25H28N4O/c26-17-19-5-3-6-21(15-19)20-10-13-29(14-11-20)25(30)22-7-4-9-23(16-22)28-18-24-8-1-2-12-27-24/h1-9,12,15-16,20,28H,10-11,13-14,17-18,26H2. The van der Waals surface area contributed by atoms with Crippen LogP contribution in [-0.2, 0) is 13.1 Å². The van der Waals surface area contributed by atoms with Gasteiger partial charge in [-0.3, -0.25) is 9.78 Å². The van der Waals surface area contributed by atoms with Gasteiger partial charge < -0.3 is 16.0 Å². The molecule has 0 radical (unpaired) electrons. The number of rotatable bonds is 6. The first-order chi connectivity index (χ1) is 14.7. The van der Waals surface area contributed by atoms with Crippen LogP contribution in [0.3, 0.4) is 0 Å². The van der Waals surface area contributed by atoms with Crippen LogP contribution in [0.2, 0.25) is 0 Å². The summed E-state index contributed by atoms with van der Waals surface area (Å²) in [4.78, 5) is 19.3. The topological polar surface area (TPSA) is 71.2 Å². The Balaban J connectivity index is 1.36. The van der Waals surface area contributed by atoms with E-state index in [0.717, 1.165) is 42.9 Å². The molecule has 4 rings (SSSR count). The van der Waals surface area contributed by atoms with E-state index in [1.807, 2.05) is 47.4 Å². The van der Waals surface area contributed by atoms with Crippen molar-refractivity contribution in [2.45, 2.75) is 31.8 Å². The maximum atomic E-state index is 13.0. The van der Waals surface area contributed by atoms with E-state index in [2.05, 4.69) is 34.6 Å². The minimum atomic E-state index is 0.102. The van der Waals surface area contributed by atoms with Gasteiger partial charge in [-0.25, -0.2) is 0 Å². The van der Waals surface area contributed by atoms with Crippen LogP contribution in [0.25, 0.3) is 0 Å². The Hall–Kier alpha value is -3.18. The number of nitrogens with zero attached hydrogens (tertiary/aromatic N) is 2. The number of hydrogen-bond acceptors (Lipinski definition) is 4. The van der Waals surface area contributed by atoms with Gasteiger partial charge in [0.1, 0.15) is 0 Å². The van der Waals surface area contributed by atoms with Crippen molar-refractivity contribution in [3.63, 3.8) is 0 Å². The third-order valence-electron chi connectivity index (χ3n) is 5.75. The molecule has 1 aromatic heterocycles. The largest absolute Gasteiger partial charge is 0.379 e. The van der Waals surface area contributed by atoms with Gasteiger partial charge in [0.25, 0.3) is 5.91 Å². The third-order valence-corrected chi connectivity index (χ3v) is 5.75. The molecule has 0 atom stereocenters. The highest BCUT2D eigenvalue weighted by Gasteiger charge is 2.24. The van der Waals surface area contributed by atoms with Gasteiger partial charge in [0, 0.05) is 37.1 Å². The molecule has 1 aliphatic heterocycles. The molecule has 0 aliphatic carbocycles. The SMILES string of the molecule is NCc1cccc(C2CCN(C(=O)c3cccc(NCc4ccccn4)c3)CC2)c1. The Morgan fingerprint density at radius 3 is 2.63 bits per heavy atom. The first-order valence-corrected chi connectivity index (χ1v) is 10.5. The van der Waals surface area contributed by atoms with Crippen LogP contribution in [0.5, 0.6) is 0 Å². The molecule has 3 aromatic rings. The van der Waals surface area contributed by atoms with Crippen LogP contribution < -0.4 is 11.1 Å². The number of nitrogens with two attached hydrogens (primary N) is 1. The smallest absolute Gasteiger partial charge is 0.253 e. The van der Waals surface area contributed by atoms with Crippen molar-refractivity contribution in [3.05, 3.63) is 95.3 Å². The normalized spacial score (nSPS) is 14.5. The van der Waals surface area contributed by atoms with Crippen LogP contribution in [0.4, 0.5) is 5.69 Å². The Bertz CT molecular complexity index is 981. The summed E-state index contributed by atoms with van der Waals surface area (Å²) in [5.74, 6) is 0.595. The fraction of sp³-hybridized carbons (Fsp3) is 0.280. The molecule has 1 saturated heterocycles. The predicted molar refractivity (Wildman–Crippen MR) is 120 cm³/mol. The number of nitrogens with one attached hydrogen (secondary N) is 1. The van der Waals surface area contributed by atoms with Crippen molar-refractivity contribution >= 4 is 11.6 Å². The number of carbonyl (C=O) groups is 1. The van der Waals surface area contributed by atoms with Crippen LogP contribution in [0, 0.1) is 0 Å². The lowest BCUT2D eigenvalue weighted by Gasteiger charge is -2.32. The van der Waals surface area contributed by atoms with Crippen LogP contribution in [-0.4, -0.2) is 28.9 Å². The van der Waals surface area contributed by atoms with E-state index in [9.17, 15) is 4.79 Å². The minimum Gasteiger partial charge on any atom is -0.379 e. The van der Waals surface area contributed by atoms with E-state index < -0.39 is 0 Å². The Kier molecular flexibility index (Phi) is 6.40. The van der Waals surface area contributed by atoms with Gasteiger partial charge in [0.15, 0.2) is 0 Å². The number of piperidine rings is 1. The first-order valence-electron chi connectivity index (χ1n) is 10.5. The molecule has 2 heterocycles. The molecule has 3 N–H and O–H groups in total. The molecular weight excluding hydrogens is 372 g/mol. The summed E-state index contributed by atoms with van der Waals surface area (Å²) in [6.45, 7) is 2.76. The van der Waals surface area contributed by atoms with Gasteiger partial charge in [-0.15, -0.1) is 0 Å². The maximum absolute atomic E-state index is 13.0. The highest BCUT2D eigenvalue weighted by atomic mass is 16.2. The monoisotopic (exact) mass is 400 g/mol. The lowest BCUT2D eigenvalue weighted by molar-refractivity contribution is 0.0713. The second-order valence-electron chi connectivity index (χ2n) is 7.77. The summed E-state index contributed by atoms with van der Waals surface area (Å²) in [6.07, 6.45) is 3.75. The average molecular weight is 401 g/mol. The number of hydrogen-bond donors (Lipinski definition) is 2. The number of carbonyl (C=O) groups excluding carboxylic acids is 1. The molecule has 0 unspecified atom stereocenters. The highest BCUT2D eigenvalue weighted by molar-refractivity contribution is 5.95. The summed E-state index contributed by atoms with van der Waals surface area (Å²) in [6, 6.07) is 22.1. The van der Waals surface area contributed by atoms with Crippen molar-refractivity contribution < 1.29 is 4.79 Å². The van der Waals surface area contributed by atoms with Crippen molar-refractivity contribution in [1.29, 1.82) is 0 Å². The number of pyridine rings is 1. The van der Waals surface area contributed by atoms with E-state index in [1.165, 1.54) is 11.1 Å². The van der Waals surface area contributed by atoms with E-state index in [1.54, 1.807) is 6.20 Å². The zero-order valence-electron chi connectivity index (χ0n) is 17.1. The number of likely N-dealkylation sites (tertiary alicyclic amines) is 1. The fourth-order valence-corrected chi connectivity index (χ4v) is 4.03. The number of amides is 1. The quantitative estimate of drug-likeness (QED) is 0.651. The molecule has 154 valence electrons. The molecule has 2 aromatic carbocycles. The van der Waals surface area contributed by atoms with Gasteiger partial charge in [0.05, 0.1) is 12.2 Å². The molecule has 1 fully saturated rings. The van der Waals surface area contributed by atoms with Crippen LogP contribution in [0.15, 0.2) is 72.9 Å². The molecule has 0 saturated carbocycles. The van der Waals surface area contributed by atoms with Gasteiger partial charge in [-0.1, -0.05) is 36.4 Å². The van der Waals surface area contributed by atoms with Gasteiger partial charge in [0.2, 0.25) is 0 Å². The zero-order valence-corrected chi connectivity index (χ0v) is 17.1. The second kappa shape index (κ2) is 9.55. The van der Waals surface area contributed by atoms with Crippen molar-refractivity contribution in [2.24, 2.45) is 5.73 Å². The predicted octanol–water partition coefficient (Wildman–Crippen LogP) is 4.17. The van der Waals surface area contributed by atoms with Gasteiger partial charge in [-0.05, 0) is 60.2 Å². The molecule has 1 amide bonds. The van der Waals surface area contributed by atoms with Crippen LogP contribution >= 0.6 is 0 Å². The average Bonchev–Trinajstić information content (AvgIpc) is 2.83.